The molecule has 0 saturated heterocycles. The van der Waals surface area contributed by atoms with E-state index in [1.54, 1.807) is 0 Å². The van der Waals surface area contributed by atoms with Crippen LogP contribution in [0.1, 0.15) is 135 Å². The average molecular weight is 383 g/mol. The van der Waals surface area contributed by atoms with E-state index in [9.17, 15) is 0 Å². The fraction of sp³-hybridized carbons (Fsp3) is 1.00. The van der Waals surface area contributed by atoms with Crippen LogP contribution in [0.3, 0.4) is 0 Å². The second-order valence-corrected chi connectivity index (χ2v) is 12.3. The highest BCUT2D eigenvalue weighted by molar-refractivity contribution is 5.03. The predicted octanol–water partition coefficient (Wildman–Crippen LogP) is 9.05. The van der Waals surface area contributed by atoms with Crippen LogP contribution in [0, 0.1) is 21.7 Å². The Balaban J connectivity index is 5.73. The molecule has 0 bridgehead atoms. The van der Waals surface area contributed by atoms with Crippen molar-refractivity contribution < 1.29 is 4.74 Å². The number of hydrogen-bond acceptors (Lipinski definition) is 1. The summed E-state index contributed by atoms with van der Waals surface area (Å²) in [6.07, 6.45) is 7.57. The Labute approximate surface area is 173 Å². The second-order valence-electron chi connectivity index (χ2n) is 12.3. The summed E-state index contributed by atoms with van der Waals surface area (Å²) in [4.78, 5) is 0. The Bertz CT molecular complexity index is 407. The molecule has 0 aromatic heterocycles. The van der Waals surface area contributed by atoms with Crippen molar-refractivity contribution >= 4 is 0 Å². The smallest absolute Gasteiger partial charge is 0.0689 e. The predicted molar refractivity (Wildman–Crippen MR) is 123 cm³/mol. The Morgan fingerprint density at radius 3 is 0.963 bits per heavy atom. The number of hydrogen-bond donors (Lipinski definition) is 0. The largest absolute Gasteiger partial charge is 0.369 e. The lowest BCUT2D eigenvalue weighted by Crippen LogP contribution is -2.59. The van der Waals surface area contributed by atoms with E-state index in [4.69, 9.17) is 4.74 Å². The summed E-state index contributed by atoms with van der Waals surface area (Å²) in [5.41, 5.74) is 0.152. The molecule has 0 aliphatic heterocycles. The first kappa shape index (κ1) is 27.0. The Morgan fingerprint density at radius 2 is 0.741 bits per heavy atom. The summed E-state index contributed by atoms with van der Waals surface area (Å²) in [6.45, 7) is 33.2. The molecular weight excluding hydrogens is 328 g/mol. The van der Waals surface area contributed by atoms with Crippen molar-refractivity contribution in [3.05, 3.63) is 0 Å². The van der Waals surface area contributed by atoms with Gasteiger partial charge in [-0.15, -0.1) is 0 Å². The zero-order chi connectivity index (χ0) is 21.9. The molecule has 0 rings (SSSR count). The third kappa shape index (κ3) is 5.52. The number of rotatable bonds is 12. The zero-order valence-corrected chi connectivity index (χ0v) is 21.7. The third-order valence-corrected chi connectivity index (χ3v) is 9.22. The van der Waals surface area contributed by atoms with E-state index >= 15 is 0 Å². The molecule has 0 radical (unpaired) electrons. The molecule has 0 aromatic rings. The molecule has 0 spiro atoms. The maximum atomic E-state index is 7.09. The lowest BCUT2D eigenvalue weighted by molar-refractivity contribution is -0.252. The number of ether oxygens (including phenoxy) is 1. The van der Waals surface area contributed by atoms with E-state index < -0.39 is 0 Å². The lowest BCUT2D eigenvalue weighted by atomic mass is 9.56. The van der Waals surface area contributed by atoms with Gasteiger partial charge in [-0.1, -0.05) is 94.9 Å². The van der Waals surface area contributed by atoms with Crippen molar-refractivity contribution in [2.75, 3.05) is 0 Å². The van der Waals surface area contributed by atoms with Gasteiger partial charge < -0.3 is 4.74 Å². The van der Waals surface area contributed by atoms with Crippen LogP contribution in [0.15, 0.2) is 0 Å². The average Bonchev–Trinajstić information content (AvgIpc) is 2.49. The van der Waals surface area contributed by atoms with Gasteiger partial charge in [-0.25, -0.2) is 0 Å². The molecule has 0 N–H and O–H groups in total. The SMILES string of the molecule is CCCCC(C)(C)C(C)(C)C(C)(C)OC(C)(C)C(C)(C)C(C)(C)CCCC. The van der Waals surface area contributed by atoms with Gasteiger partial charge in [-0.2, -0.15) is 0 Å². The molecule has 27 heavy (non-hydrogen) atoms. The highest BCUT2D eigenvalue weighted by atomic mass is 16.5. The van der Waals surface area contributed by atoms with Crippen molar-refractivity contribution in [2.45, 2.75) is 147 Å². The Morgan fingerprint density at radius 1 is 0.481 bits per heavy atom. The normalized spacial score (nSPS) is 15.3. The Hall–Kier alpha value is -0.0400. The molecule has 0 saturated carbocycles. The van der Waals surface area contributed by atoms with Crippen LogP contribution < -0.4 is 0 Å². The summed E-state index contributed by atoms with van der Waals surface area (Å²) in [7, 11) is 0. The molecule has 1 nitrogen and oxygen atoms in total. The molecule has 0 amide bonds. The van der Waals surface area contributed by atoms with E-state index in [-0.39, 0.29) is 32.9 Å². The van der Waals surface area contributed by atoms with Gasteiger partial charge in [0.25, 0.3) is 0 Å². The van der Waals surface area contributed by atoms with Crippen LogP contribution in [-0.4, -0.2) is 11.2 Å². The van der Waals surface area contributed by atoms with Crippen LogP contribution >= 0.6 is 0 Å². The quantitative estimate of drug-likeness (QED) is 0.327. The molecule has 1 heteroatoms. The summed E-state index contributed by atoms with van der Waals surface area (Å²) >= 11 is 0. The van der Waals surface area contributed by atoms with E-state index in [0.717, 1.165) is 0 Å². The van der Waals surface area contributed by atoms with Crippen molar-refractivity contribution in [1.82, 2.24) is 0 Å². The second kappa shape index (κ2) is 8.76. The monoisotopic (exact) mass is 382 g/mol. The van der Waals surface area contributed by atoms with Gasteiger partial charge >= 0.3 is 0 Å². The molecule has 0 unspecified atom stereocenters. The molecular formula is C26H54O. The van der Waals surface area contributed by atoms with Gasteiger partial charge in [-0.05, 0) is 62.2 Å². The highest BCUT2D eigenvalue weighted by Crippen LogP contribution is 2.56. The molecule has 0 aliphatic carbocycles. The van der Waals surface area contributed by atoms with Crippen molar-refractivity contribution in [3.63, 3.8) is 0 Å². The van der Waals surface area contributed by atoms with Crippen molar-refractivity contribution in [3.8, 4) is 0 Å². The van der Waals surface area contributed by atoms with Gasteiger partial charge in [0.1, 0.15) is 0 Å². The van der Waals surface area contributed by atoms with Gasteiger partial charge in [0, 0.05) is 0 Å². The van der Waals surface area contributed by atoms with Gasteiger partial charge in [0.2, 0.25) is 0 Å². The minimum absolute atomic E-state index is 0.0656. The topological polar surface area (TPSA) is 9.23 Å². The summed E-state index contributed by atoms with van der Waals surface area (Å²) in [5, 5.41) is 0. The van der Waals surface area contributed by atoms with E-state index in [0.29, 0.717) is 0 Å². The minimum Gasteiger partial charge on any atom is -0.369 e. The van der Waals surface area contributed by atoms with Crippen LogP contribution in [0.2, 0.25) is 0 Å². The molecule has 0 aliphatic rings. The molecule has 0 heterocycles. The maximum Gasteiger partial charge on any atom is 0.0689 e. The third-order valence-electron chi connectivity index (χ3n) is 9.22. The van der Waals surface area contributed by atoms with Crippen molar-refractivity contribution in [1.29, 1.82) is 0 Å². The zero-order valence-electron chi connectivity index (χ0n) is 21.7. The van der Waals surface area contributed by atoms with Gasteiger partial charge in [0.05, 0.1) is 11.2 Å². The summed E-state index contributed by atoms with van der Waals surface area (Å²) in [5.74, 6) is 0. The van der Waals surface area contributed by atoms with Gasteiger partial charge in [0.15, 0.2) is 0 Å². The first-order valence-electron chi connectivity index (χ1n) is 11.5. The fourth-order valence-electron chi connectivity index (χ4n) is 4.39. The first-order chi connectivity index (χ1) is 11.8. The standard InChI is InChI=1S/C26H54O/c1-15-17-19-21(3,4)23(7,8)25(11,12)27-26(13,14)24(9,10)22(5,6)20-18-16-2/h15-20H2,1-14H3. The van der Waals surface area contributed by atoms with Crippen LogP contribution in [0.4, 0.5) is 0 Å². The van der Waals surface area contributed by atoms with Crippen LogP contribution in [-0.2, 0) is 4.74 Å². The summed E-state index contributed by atoms with van der Waals surface area (Å²) < 4.78 is 7.09. The van der Waals surface area contributed by atoms with E-state index in [1.165, 1.54) is 38.5 Å². The summed E-state index contributed by atoms with van der Waals surface area (Å²) in [6, 6.07) is 0. The molecule has 0 aromatic carbocycles. The van der Waals surface area contributed by atoms with Gasteiger partial charge in [-0.3, -0.25) is 0 Å². The highest BCUT2D eigenvalue weighted by Gasteiger charge is 2.55. The minimum atomic E-state index is -0.216. The van der Waals surface area contributed by atoms with E-state index in [1.807, 2.05) is 0 Å². The maximum absolute atomic E-state index is 7.09. The Kier molecular flexibility index (Phi) is 8.75. The lowest BCUT2D eigenvalue weighted by Gasteiger charge is -2.59. The van der Waals surface area contributed by atoms with Crippen LogP contribution in [0.25, 0.3) is 0 Å². The fourth-order valence-corrected chi connectivity index (χ4v) is 4.39. The van der Waals surface area contributed by atoms with Crippen LogP contribution in [0.5, 0.6) is 0 Å². The molecule has 0 fully saturated rings. The molecule has 0 atom stereocenters. The van der Waals surface area contributed by atoms with Crippen molar-refractivity contribution in [2.24, 2.45) is 21.7 Å². The van der Waals surface area contributed by atoms with E-state index in [2.05, 4.69) is 96.9 Å². The first-order valence-corrected chi connectivity index (χ1v) is 11.5. The molecule has 164 valence electrons. The number of unbranched alkanes of at least 4 members (excludes halogenated alkanes) is 2.